The molecule has 8 heteroatoms. The van der Waals surface area contributed by atoms with Gasteiger partial charge in [-0.25, -0.2) is 4.79 Å². The number of hydrogen-bond donors (Lipinski definition) is 0. The molecule has 0 bridgehead atoms. The fourth-order valence-corrected chi connectivity index (χ4v) is 4.34. The van der Waals surface area contributed by atoms with E-state index in [1.54, 1.807) is 32.9 Å². The summed E-state index contributed by atoms with van der Waals surface area (Å²) in [5.41, 5.74) is -0.0523. The van der Waals surface area contributed by atoms with Crippen LogP contribution in [0.5, 0.6) is 11.5 Å². The molecule has 0 aliphatic carbocycles. The molecule has 0 unspecified atom stereocenters. The summed E-state index contributed by atoms with van der Waals surface area (Å²) in [6.45, 7) is 5.28. The minimum Gasteiger partial charge on any atom is -0.496 e. The zero-order valence-electron chi connectivity index (χ0n) is 14.4. The lowest BCUT2D eigenvalue weighted by Crippen LogP contribution is -2.29. The van der Waals surface area contributed by atoms with Crippen LogP contribution in [0.25, 0.3) is 11.0 Å². The number of ether oxygens (including phenoxy) is 2. The first kappa shape index (κ1) is 18.5. The largest absolute Gasteiger partial charge is 0.496 e. The van der Waals surface area contributed by atoms with E-state index in [1.165, 1.54) is 14.2 Å². The van der Waals surface area contributed by atoms with Crippen LogP contribution in [0.2, 0.25) is 0 Å². The molecule has 0 fully saturated rings. The summed E-state index contributed by atoms with van der Waals surface area (Å²) in [5.74, 6) is 0.916. The number of benzene rings is 1. The van der Waals surface area contributed by atoms with Gasteiger partial charge in [0.15, 0.2) is 5.30 Å². The van der Waals surface area contributed by atoms with Crippen LogP contribution in [0, 0.1) is 6.92 Å². The third kappa shape index (κ3) is 3.20. The van der Waals surface area contributed by atoms with Crippen LogP contribution >= 0.6 is 7.60 Å². The molecule has 0 aliphatic rings. The van der Waals surface area contributed by atoms with Crippen molar-refractivity contribution in [2.24, 2.45) is 0 Å². The molecule has 7 nitrogen and oxygen atoms in total. The standard InChI is InChI=1S/C16H21O7P/c1-6-21-24(18,22-7-2)15-10(3)14-12(20-5)8-11(19-4)9-13(14)23-16(15)17/h8-9H,6-7H2,1-5H3. The molecule has 0 saturated carbocycles. The van der Waals surface area contributed by atoms with Gasteiger partial charge in [0.2, 0.25) is 0 Å². The monoisotopic (exact) mass is 356 g/mol. The fourth-order valence-electron chi connectivity index (χ4n) is 2.54. The maximum absolute atomic E-state index is 13.1. The molecule has 1 heterocycles. The smallest absolute Gasteiger partial charge is 0.368 e. The zero-order valence-corrected chi connectivity index (χ0v) is 15.3. The molecule has 132 valence electrons. The second-order valence-corrected chi connectivity index (χ2v) is 6.86. The summed E-state index contributed by atoms with van der Waals surface area (Å²) >= 11 is 0. The van der Waals surface area contributed by atoms with Crippen LogP contribution < -0.4 is 20.4 Å². The van der Waals surface area contributed by atoms with Crippen molar-refractivity contribution in [1.29, 1.82) is 0 Å². The van der Waals surface area contributed by atoms with Gasteiger partial charge in [0.05, 0.1) is 32.8 Å². The van der Waals surface area contributed by atoms with E-state index in [2.05, 4.69) is 0 Å². The normalized spacial score (nSPS) is 11.7. The molecule has 0 radical (unpaired) electrons. The van der Waals surface area contributed by atoms with Crippen molar-refractivity contribution in [3.63, 3.8) is 0 Å². The Balaban J connectivity index is 2.86. The molecular weight excluding hydrogens is 335 g/mol. The molecule has 2 aromatic rings. The summed E-state index contributed by atoms with van der Waals surface area (Å²) in [6, 6.07) is 3.23. The summed E-state index contributed by atoms with van der Waals surface area (Å²) in [5, 5.41) is 0.412. The van der Waals surface area contributed by atoms with E-state index >= 15 is 0 Å². The minimum atomic E-state index is -3.79. The van der Waals surface area contributed by atoms with Crippen LogP contribution in [0.15, 0.2) is 21.3 Å². The highest BCUT2D eigenvalue weighted by atomic mass is 31.2. The summed E-state index contributed by atoms with van der Waals surface area (Å²) in [7, 11) is -0.806. The van der Waals surface area contributed by atoms with Crippen LogP contribution in [-0.4, -0.2) is 27.4 Å². The first-order valence-corrected chi connectivity index (χ1v) is 9.05. The number of fused-ring (bicyclic) bond motifs is 1. The van der Waals surface area contributed by atoms with Gasteiger partial charge in [0.25, 0.3) is 0 Å². The molecule has 1 aromatic carbocycles. The number of aryl methyl sites for hydroxylation is 1. The van der Waals surface area contributed by atoms with Crippen LogP contribution in [0.4, 0.5) is 0 Å². The van der Waals surface area contributed by atoms with Gasteiger partial charge in [-0.05, 0) is 26.3 Å². The first-order chi connectivity index (χ1) is 11.4. The van der Waals surface area contributed by atoms with Gasteiger partial charge >= 0.3 is 13.2 Å². The Labute approximate surface area is 140 Å². The van der Waals surface area contributed by atoms with Gasteiger partial charge in [-0.15, -0.1) is 0 Å². The predicted octanol–water partition coefficient (Wildman–Crippen LogP) is 3.01. The van der Waals surface area contributed by atoms with E-state index in [4.69, 9.17) is 22.9 Å². The van der Waals surface area contributed by atoms with E-state index in [1.807, 2.05) is 0 Å². The average molecular weight is 356 g/mol. The topological polar surface area (TPSA) is 84.2 Å². The maximum Gasteiger partial charge on any atom is 0.368 e. The van der Waals surface area contributed by atoms with Crippen molar-refractivity contribution in [2.45, 2.75) is 20.8 Å². The van der Waals surface area contributed by atoms with Crippen LogP contribution in [0.3, 0.4) is 0 Å². The molecule has 0 spiro atoms. The Bertz CT molecular complexity index is 830. The summed E-state index contributed by atoms with van der Waals surface area (Å²) < 4.78 is 39.5. The number of methoxy groups -OCH3 is 2. The number of rotatable bonds is 7. The quantitative estimate of drug-likeness (QED) is 0.557. The SMILES string of the molecule is CCOP(=O)(OCC)c1c(C)c2c(OC)cc(OC)cc2oc1=O. The highest BCUT2D eigenvalue weighted by Gasteiger charge is 2.35. The third-order valence-corrected chi connectivity index (χ3v) is 5.76. The molecule has 0 saturated heterocycles. The van der Waals surface area contributed by atoms with Crippen LogP contribution in [0.1, 0.15) is 19.4 Å². The summed E-state index contributed by atoms with van der Waals surface area (Å²) in [6.07, 6.45) is 0. The Morgan fingerprint density at radius 1 is 1.08 bits per heavy atom. The summed E-state index contributed by atoms with van der Waals surface area (Å²) in [4.78, 5) is 12.5. The molecule has 0 aliphatic heterocycles. The van der Waals surface area contributed by atoms with Gasteiger partial charge in [0.1, 0.15) is 17.1 Å². The molecule has 1 aromatic heterocycles. The van der Waals surface area contributed by atoms with E-state index in [0.29, 0.717) is 22.4 Å². The highest BCUT2D eigenvalue weighted by Crippen LogP contribution is 2.48. The average Bonchev–Trinajstić information content (AvgIpc) is 2.53. The Kier molecular flexibility index (Phi) is 5.70. The van der Waals surface area contributed by atoms with Crippen molar-refractivity contribution >= 4 is 23.9 Å². The second kappa shape index (κ2) is 7.38. The van der Waals surface area contributed by atoms with Crippen molar-refractivity contribution in [3.05, 3.63) is 28.1 Å². The first-order valence-electron chi connectivity index (χ1n) is 7.50. The highest BCUT2D eigenvalue weighted by molar-refractivity contribution is 7.62. The fraction of sp³-hybridized carbons (Fsp3) is 0.438. The Hall–Kier alpha value is -1.82. The van der Waals surface area contributed by atoms with Gasteiger partial charge < -0.3 is 22.9 Å². The maximum atomic E-state index is 13.1. The minimum absolute atomic E-state index is 0.109. The Morgan fingerprint density at radius 2 is 1.71 bits per heavy atom. The molecular formula is C16H21O7P. The molecule has 24 heavy (non-hydrogen) atoms. The lowest BCUT2D eigenvalue weighted by atomic mass is 10.1. The predicted molar refractivity (Wildman–Crippen MR) is 90.8 cm³/mol. The van der Waals surface area contributed by atoms with E-state index in [0.717, 1.165) is 0 Å². The zero-order chi connectivity index (χ0) is 17.9. The van der Waals surface area contributed by atoms with E-state index in [9.17, 15) is 9.36 Å². The van der Waals surface area contributed by atoms with Gasteiger partial charge in [-0.1, -0.05) is 0 Å². The van der Waals surface area contributed by atoms with Crippen molar-refractivity contribution in [2.75, 3.05) is 27.4 Å². The molecule has 0 atom stereocenters. The van der Waals surface area contributed by atoms with Gasteiger partial charge in [0, 0.05) is 12.1 Å². The molecule has 0 N–H and O–H groups in total. The van der Waals surface area contributed by atoms with Crippen molar-refractivity contribution in [1.82, 2.24) is 0 Å². The Morgan fingerprint density at radius 3 is 2.21 bits per heavy atom. The van der Waals surface area contributed by atoms with Crippen molar-refractivity contribution < 1.29 is 27.5 Å². The molecule has 0 amide bonds. The van der Waals surface area contributed by atoms with Crippen molar-refractivity contribution in [3.8, 4) is 11.5 Å². The van der Waals surface area contributed by atoms with E-state index in [-0.39, 0.29) is 24.1 Å². The number of hydrogen-bond acceptors (Lipinski definition) is 7. The third-order valence-electron chi connectivity index (χ3n) is 3.49. The van der Waals surface area contributed by atoms with Gasteiger partial charge in [-0.3, -0.25) is 4.57 Å². The van der Waals surface area contributed by atoms with Gasteiger partial charge in [-0.2, -0.15) is 0 Å². The van der Waals surface area contributed by atoms with Crippen LogP contribution in [-0.2, 0) is 13.6 Å². The molecule has 2 rings (SSSR count). The lowest BCUT2D eigenvalue weighted by Gasteiger charge is -2.19. The second-order valence-electron chi connectivity index (χ2n) is 4.90. The lowest BCUT2D eigenvalue weighted by molar-refractivity contribution is 0.229. The van der Waals surface area contributed by atoms with E-state index < -0.39 is 13.2 Å².